The fourth-order valence-electron chi connectivity index (χ4n) is 2.83. The van der Waals surface area contributed by atoms with Crippen LogP contribution in [0.15, 0.2) is 30.3 Å². The molecule has 1 amide bonds. The van der Waals surface area contributed by atoms with Crippen LogP contribution >= 0.6 is 0 Å². The van der Waals surface area contributed by atoms with Gasteiger partial charge in [0.15, 0.2) is 0 Å². The van der Waals surface area contributed by atoms with Crippen LogP contribution < -0.4 is 5.43 Å². The lowest BCUT2D eigenvalue weighted by Crippen LogP contribution is -2.28. The lowest BCUT2D eigenvalue weighted by molar-refractivity contribution is -0.120. The van der Waals surface area contributed by atoms with Gasteiger partial charge < -0.3 is 0 Å². The summed E-state index contributed by atoms with van der Waals surface area (Å²) in [5.74, 6) is 0.363. The molecule has 94 valence electrons. The minimum Gasteiger partial charge on any atom is -0.273 e. The second-order valence-corrected chi connectivity index (χ2v) is 5.14. The zero-order valence-electron chi connectivity index (χ0n) is 10.6. The molecule has 3 nitrogen and oxygen atoms in total. The van der Waals surface area contributed by atoms with Gasteiger partial charge in [0.05, 0.1) is 5.52 Å². The van der Waals surface area contributed by atoms with Crippen molar-refractivity contribution in [2.24, 2.45) is 5.92 Å². The van der Waals surface area contributed by atoms with Gasteiger partial charge in [-0.3, -0.25) is 14.9 Å². The third kappa shape index (κ3) is 1.90. The minimum absolute atomic E-state index is 0.164. The third-order valence-electron chi connectivity index (χ3n) is 3.84. The number of nitrogens with zero attached hydrogens (tertiary/aromatic N) is 1. The summed E-state index contributed by atoms with van der Waals surface area (Å²) in [5, 5.41) is 1.17. The lowest BCUT2D eigenvalue weighted by atomic mass is 10.1. The maximum Gasteiger partial charge on any atom is 0.241 e. The van der Waals surface area contributed by atoms with Crippen molar-refractivity contribution in [3.8, 4) is 0 Å². The Morgan fingerprint density at radius 2 is 2.00 bits per heavy atom. The largest absolute Gasteiger partial charge is 0.273 e. The number of amides is 1. The minimum atomic E-state index is 0.164. The number of benzene rings is 1. The van der Waals surface area contributed by atoms with E-state index in [1.807, 2.05) is 29.8 Å². The summed E-state index contributed by atoms with van der Waals surface area (Å²) < 4.78 is 1.91. The first kappa shape index (κ1) is 11.3. The Morgan fingerprint density at radius 3 is 2.78 bits per heavy atom. The Balaban J connectivity index is 1.89. The van der Waals surface area contributed by atoms with Gasteiger partial charge in [0, 0.05) is 17.0 Å². The Bertz CT molecular complexity index is 579. The summed E-state index contributed by atoms with van der Waals surface area (Å²) in [6.45, 7) is 2.02. The van der Waals surface area contributed by atoms with Crippen LogP contribution in [0.4, 0.5) is 0 Å². The monoisotopic (exact) mass is 242 g/mol. The number of rotatable bonds is 2. The zero-order valence-corrected chi connectivity index (χ0v) is 10.6. The van der Waals surface area contributed by atoms with E-state index in [0.29, 0.717) is 0 Å². The van der Waals surface area contributed by atoms with E-state index >= 15 is 0 Å². The summed E-state index contributed by atoms with van der Waals surface area (Å²) in [7, 11) is 0. The molecule has 0 radical (unpaired) electrons. The van der Waals surface area contributed by atoms with Crippen molar-refractivity contribution in [2.45, 2.75) is 32.6 Å². The molecule has 1 heterocycles. The number of carbonyl (C=O) groups excluding carboxylic acids is 1. The summed E-state index contributed by atoms with van der Waals surface area (Å²) in [6, 6.07) is 10.2. The molecule has 0 atom stereocenters. The first-order valence-corrected chi connectivity index (χ1v) is 6.63. The van der Waals surface area contributed by atoms with E-state index in [-0.39, 0.29) is 11.8 Å². The van der Waals surface area contributed by atoms with Crippen molar-refractivity contribution >= 4 is 16.8 Å². The van der Waals surface area contributed by atoms with Crippen molar-refractivity contribution in [2.75, 3.05) is 5.43 Å². The summed E-state index contributed by atoms with van der Waals surface area (Å²) in [6.07, 6.45) is 4.43. The van der Waals surface area contributed by atoms with Gasteiger partial charge in [0.1, 0.15) is 0 Å². The SMILES string of the molecule is Cc1cc2ccccc2n1NC(=O)C1CCCC1. The molecule has 3 rings (SSSR count). The summed E-state index contributed by atoms with van der Waals surface area (Å²) in [5.41, 5.74) is 5.20. The average Bonchev–Trinajstić information content (AvgIpc) is 2.98. The van der Waals surface area contributed by atoms with E-state index in [2.05, 4.69) is 17.6 Å². The van der Waals surface area contributed by atoms with Crippen LogP contribution in [0.5, 0.6) is 0 Å². The maximum atomic E-state index is 12.2. The van der Waals surface area contributed by atoms with Crippen molar-refractivity contribution in [1.29, 1.82) is 0 Å². The average molecular weight is 242 g/mol. The highest BCUT2D eigenvalue weighted by Gasteiger charge is 2.23. The van der Waals surface area contributed by atoms with Crippen molar-refractivity contribution in [3.05, 3.63) is 36.0 Å². The number of nitrogens with one attached hydrogen (secondary N) is 1. The molecule has 0 spiro atoms. The molecular weight excluding hydrogens is 224 g/mol. The topological polar surface area (TPSA) is 34.0 Å². The molecule has 1 aromatic carbocycles. The molecule has 2 aromatic rings. The standard InChI is InChI=1S/C15H18N2O/c1-11-10-13-8-4-5-9-14(13)17(11)16-15(18)12-6-2-3-7-12/h4-5,8-10,12H,2-3,6-7H2,1H3,(H,16,18). The van der Waals surface area contributed by atoms with Gasteiger partial charge in [-0.05, 0) is 31.9 Å². The Hall–Kier alpha value is -1.77. The molecule has 18 heavy (non-hydrogen) atoms. The van der Waals surface area contributed by atoms with E-state index in [4.69, 9.17) is 0 Å². The molecule has 0 bridgehead atoms. The summed E-state index contributed by atoms with van der Waals surface area (Å²) in [4.78, 5) is 12.2. The number of aromatic nitrogens is 1. The zero-order chi connectivity index (χ0) is 12.5. The maximum absolute atomic E-state index is 12.2. The van der Waals surface area contributed by atoms with Gasteiger partial charge in [-0.2, -0.15) is 0 Å². The molecule has 1 N–H and O–H groups in total. The number of para-hydroxylation sites is 1. The Morgan fingerprint density at radius 1 is 1.28 bits per heavy atom. The van der Waals surface area contributed by atoms with Gasteiger partial charge in [-0.15, -0.1) is 0 Å². The van der Waals surface area contributed by atoms with Crippen LogP contribution in [0.1, 0.15) is 31.4 Å². The molecule has 0 unspecified atom stereocenters. The Kier molecular flexibility index (Phi) is 2.82. The highest BCUT2D eigenvalue weighted by molar-refractivity contribution is 5.90. The van der Waals surface area contributed by atoms with E-state index in [1.54, 1.807) is 0 Å². The Labute approximate surface area is 107 Å². The second-order valence-electron chi connectivity index (χ2n) is 5.14. The molecule has 1 aromatic heterocycles. The lowest BCUT2D eigenvalue weighted by Gasteiger charge is -2.14. The van der Waals surface area contributed by atoms with E-state index < -0.39 is 0 Å². The number of aryl methyl sites for hydroxylation is 1. The predicted octanol–water partition coefficient (Wildman–Crippen LogP) is 3.21. The highest BCUT2D eigenvalue weighted by Crippen LogP contribution is 2.25. The number of hydrogen-bond acceptors (Lipinski definition) is 1. The fraction of sp³-hybridized carbons (Fsp3) is 0.400. The van der Waals surface area contributed by atoms with E-state index in [9.17, 15) is 4.79 Å². The van der Waals surface area contributed by atoms with Gasteiger partial charge in [-0.1, -0.05) is 31.0 Å². The molecule has 1 aliphatic carbocycles. The first-order chi connectivity index (χ1) is 8.75. The third-order valence-corrected chi connectivity index (χ3v) is 3.84. The van der Waals surface area contributed by atoms with Crippen molar-refractivity contribution < 1.29 is 4.79 Å². The predicted molar refractivity (Wildman–Crippen MR) is 73.0 cm³/mol. The molecule has 1 saturated carbocycles. The molecule has 0 saturated heterocycles. The molecule has 0 aliphatic heterocycles. The molecule has 3 heteroatoms. The van der Waals surface area contributed by atoms with Crippen LogP contribution in [0.2, 0.25) is 0 Å². The number of hydrogen-bond donors (Lipinski definition) is 1. The fourth-order valence-corrected chi connectivity index (χ4v) is 2.83. The molecule has 1 aliphatic rings. The van der Waals surface area contributed by atoms with Crippen LogP contribution in [-0.4, -0.2) is 10.6 Å². The quantitative estimate of drug-likeness (QED) is 0.862. The van der Waals surface area contributed by atoms with Crippen LogP contribution in [0.3, 0.4) is 0 Å². The van der Waals surface area contributed by atoms with Gasteiger partial charge in [0.2, 0.25) is 5.91 Å². The van der Waals surface area contributed by atoms with Crippen molar-refractivity contribution in [1.82, 2.24) is 4.68 Å². The summed E-state index contributed by atoms with van der Waals surface area (Å²) >= 11 is 0. The molecular formula is C15H18N2O. The van der Waals surface area contributed by atoms with Crippen LogP contribution in [0.25, 0.3) is 10.9 Å². The van der Waals surface area contributed by atoms with E-state index in [1.165, 1.54) is 18.2 Å². The van der Waals surface area contributed by atoms with Crippen LogP contribution in [0, 0.1) is 12.8 Å². The highest BCUT2D eigenvalue weighted by atomic mass is 16.2. The van der Waals surface area contributed by atoms with Gasteiger partial charge >= 0.3 is 0 Å². The normalized spacial score (nSPS) is 16.3. The van der Waals surface area contributed by atoms with E-state index in [0.717, 1.165) is 24.1 Å². The second kappa shape index (κ2) is 4.48. The van der Waals surface area contributed by atoms with Gasteiger partial charge in [0.25, 0.3) is 0 Å². The van der Waals surface area contributed by atoms with Crippen molar-refractivity contribution in [3.63, 3.8) is 0 Å². The number of fused-ring (bicyclic) bond motifs is 1. The number of carbonyl (C=O) groups is 1. The smallest absolute Gasteiger partial charge is 0.241 e. The van der Waals surface area contributed by atoms with Crippen LogP contribution in [-0.2, 0) is 4.79 Å². The molecule has 1 fully saturated rings. The van der Waals surface area contributed by atoms with Gasteiger partial charge in [-0.25, -0.2) is 0 Å². The first-order valence-electron chi connectivity index (χ1n) is 6.63.